The molecule has 1 rings (SSSR count). The van der Waals surface area contributed by atoms with Crippen LogP contribution in [0.3, 0.4) is 0 Å². The molecule has 1 heterocycles. The third kappa shape index (κ3) is 2.96. The fourth-order valence-electron chi connectivity index (χ4n) is 2.06. The normalized spacial score (nSPS) is 25.1. The van der Waals surface area contributed by atoms with Crippen LogP contribution in [0.2, 0.25) is 0 Å². The highest BCUT2D eigenvalue weighted by molar-refractivity contribution is 5.77. The van der Waals surface area contributed by atoms with E-state index < -0.39 is 0 Å². The van der Waals surface area contributed by atoms with Gasteiger partial charge in [-0.05, 0) is 12.8 Å². The highest BCUT2D eigenvalue weighted by Gasteiger charge is 2.27. The standard InChI is InChI=1S/C10H21N3O/c1-3-8(6-10(11)12)13-5-4-9(7-13)14-2/h8-9H,3-7H2,1-2H3,(H3,11,12). The number of hydrogen-bond donors (Lipinski definition) is 2. The summed E-state index contributed by atoms with van der Waals surface area (Å²) in [6.07, 6.45) is 3.21. The minimum absolute atomic E-state index is 0.290. The molecule has 1 saturated heterocycles. The Labute approximate surface area is 85.9 Å². The lowest BCUT2D eigenvalue weighted by Crippen LogP contribution is -2.36. The van der Waals surface area contributed by atoms with Crippen molar-refractivity contribution in [3.63, 3.8) is 0 Å². The Morgan fingerprint density at radius 2 is 2.43 bits per heavy atom. The fraction of sp³-hybridized carbons (Fsp3) is 0.900. The molecular weight excluding hydrogens is 178 g/mol. The van der Waals surface area contributed by atoms with Crippen molar-refractivity contribution in [1.82, 2.24) is 4.90 Å². The predicted octanol–water partition coefficient (Wildman–Crippen LogP) is 0.812. The summed E-state index contributed by atoms with van der Waals surface area (Å²) in [7, 11) is 1.76. The summed E-state index contributed by atoms with van der Waals surface area (Å²) in [5.74, 6) is 0.290. The third-order valence-corrected chi connectivity index (χ3v) is 2.95. The van der Waals surface area contributed by atoms with E-state index in [4.69, 9.17) is 15.9 Å². The number of ether oxygens (including phenoxy) is 1. The molecule has 0 amide bonds. The Balaban J connectivity index is 2.42. The SMILES string of the molecule is CCC(CC(=N)N)N1CCC(OC)C1. The second-order valence-corrected chi connectivity index (χ2v) is 3.93. The van der Waals surface area contributed by atoms with Crippen molar-refractivity contribution in [2.45, 2.75) is 38.3 Å². The quantitative estimate of drug-likeness (QED) is 0.509. The van der Waals surface area contributed by atoms with Gasteiger partial charge in [0.15, 0.2) is 0 Å². The second-order valence-electron chi connectivity index (χ2n) is 3.93. The molecule has 2 unspecified atom stereocenters. The van der Waals surface area contributed by atoms with Gasteiger partial charge in [0.1, 0.15) is 0 Å². The van der Waals surface area contributed by atoms with E-state index in [9.17, 15) is 0 Å². The molecule has 1 fully saturated rings. The van der Waals surface area contributed by atoms with E-state index in [1.54, 1.807) is 7.11 Å². The van der Waals surface area contributed by atoms with Crippen molar-refractivity contribution < 1.29 is 4.74 Å². The van der Waals surface area contributed by atoms with Crippen molar-refractivity contribution >= 4 is 5.84 Å². The first-order valence-electron chi connectivity index (χ1n) is 5.27. The Bertz CT molecular complexity index is 196. The topological polar surface area (TPSA) is 62.3 Å². The molecule has 0 spiro atoms. The molecule has 1 aliphatic heterocycles. The van der Waals surface area contributed by atoms with Crippen LogP contribution in [0.1, 0.15) is 26.2 Å². The molecule has 4 heteroatoms. The van der Waals surface area contributed by atoms with Gasteiger partial charge in [-0.2, -0.15) is 0 Å². The maximum absolute atomic E-state index is 7.31. The van der Waals surface area contributed by atoms with E-state index in [1.807, 2.05) is 0 Å². The van der Waals surface area contributed by atoms with Crippen LogP contribution in [0.15, 0.2) is 0 Å². The Morgan fingerprint density at radius 1 is 1.71 bits per heavy atom. The van der Waals surface area contributed by atoms with Crippen LogP contribution in [0.5, 0.6) is 0 Å². The Morgan fingerprint density at radius 3 is 2.86 bits per heavy atom. The number of nitrogens with zero attached hydrogens (tertiary/aromatic N) is 1. The van der Waals surface area contributed by atoms with Gasteiger partial charge in [-0.25, -0.2) is 0 Å². The van der Waals surface area contributed by atoms with Crippen molar-refractivity contribution in [3.05, 3.63) is 0 Å². The van der Waals surface area contributed by atoms with Crippen LogP contribution in [-0.2, 0) is 4.74 Å². The minimum Gasteiger partial charge on any atom is -0.388 e. The molecule has 1 aliphatic rings. The van der Waals surface area contributed by atoms with Gasteiger partial charge in [-0.3, -0.25) is 10.3 Å². The highest BCUT2D eigenvalue weighted by atomic mass is 16.5. The highest BCUT2D eigenvalue weighted by Crippen LogP contribution is 2.18. The Kier molecular flexibility index (Phi) is 4.35. The molecule has 3 N–H and O–H groups in total. The lowest BCUT2D eigenvalue weighted by Gasteiger charge is -2.26. The number of likely N-dealkylation sites (tertiary alicyclic amines) is 1. The molecule has 2 atom stereocenters. The van der Waals surface area contributed by atoms with Gasteiger partial charge < -0.3 is 10.5 Å². The summed E-state index contributed by atoms with van der Waals surface area (Å²) < 4.78 is 5.31. The first-order valence-corrected chi connectivity index (χ1v) is 5.27. The smallest absolute Gasteiger partial charge is 0.0921 e. The summed E-state index contributed by atoms with van der Waals surface area (Å²) in [5.41, 5.74) is 5.43. The zero-order valence-electron chi connectivity index (χ0n) is 9.12. The first kappa shape index (κ1) is 11.5. The van der Waals surface area contributed by atoms with Crippen LogP contribution in [0.4, 0.5) is 0 Å². The van der Waals surface area contributed by atoms with Gasteiger partial charge in [0.05, 0.1) is 11.9 Å². The van der Waals surface area contributed by atoms with E-state index in [1.165, 1.54) is 0 Å². The van der Waals surface area contributed by atoms with Crippen LogP contribution in [0.25, 0.3) is 0 Å². The van der Waals surface area contributed by atoms with E-state index >= 15 is 0 Å². The molecule has 0 aliphatic carbocycles. The molecule has 0 radical (unpaired) electrons. The summed E-state index contributed by atoms with van der Waals surface area (Å²) in [6.45, 7) is 4.21. The summed E-state index contributed by atoms with van der Waals surface area (Å²) in [6, 6.07) is 0.424. The van der Waals surface area contributed by atoms with E-state index in [2.05, 4.69) is 11.8 Å². The second kappa shape index (κ2) is 5.32. The average Bonchev–Trinajstić information content (AvgIpc) is 2.62. The van der Waals surface area contributed by atoms with E-state index in [0.29, 0.717) is 18.6 Å². The minimum atomic E-state index is 0.290. The van der Waals surface area contributed by atoms with Gasteiger partial charge in [0.25, 0.3) is 0 Å². The molecule has 14 heavy (non-hydrogen) atoms. The van der Waals surface area contributed by atoms with Crippen LogP contribution in [-0.4, -0.2) is 43.1 Å². The lowest BCUT2D eigenvalue weighted by atomic mass is 10.1. The first-order chi connectivity index (χ1) is 6.67. The molecular formula is C10H21N3O. The van der Waals surface area contributed by atoms with Gasteiger partial charge in [-0.15, -0.1) is 0 Å². The van der Waals surface area contributed by atoms with Gasteiger partial charge in [-0.1, -0.05) is 6.92 Å². The maximum Gasteiger partial charge on any atom is 0.0921 e. The molecule has 82 valence electrons. The van der Waals surface area contributed by atoms with Crippen LogP contribution < -0.4 is 5.73 Å². The number of nitrogens with two attached hydrogens (primary N) is 1. The van der Waals surface area contributed by atoms with E-state index in [0.717, 1.165) is 25.9 Å². The predicted molar refractivity (Wildman–Crippen MR) is 57.6 cm³/mol. The van der Waals surface area contributed by atoms with Crippen molar-refractivity contribution in [2.24, 2.45) is 5.73 Å². The average molecular weight is 199 g/mol. The molecule has 0 aromatic carbocycles. The number of hydrogen-bond acceptors (Lipinski definition) is 3. The van der Waals surface area contributed by atoms with E-state index in [-0.39, 0.29) is 5.84 Å². The monoisotopic (exact) mass is 199 g/mol. The zero-order valence-corrected chi connectivity index (χ0v) is 9.12. The van der Waals surface area contributed by atoms with Crippen molar-refractivity contribution in [3.8, 4) is 0 Å². The van der Waals surface area contributed by atoms with Gasteiger partial charge in [0, 0.05) is 32.7 Å². The molecule has 0 bridgehead atoms. The summed E-state index contributed by atoms with van der Waals surface area (Å²) in [4.78, 5) is 2.38. The zero-order chi connectivity index (χ0) is 10.6. The number of rotatable bonds is 5. The largest absolute Gasteiger partial charge is 0.388 e. The fourth-order valence-corrected chi connectivity index (χ4v) is 2.06. The van der Waals surface area contributed by atoms with Crippen LogP contribution >= 0.6 is 0 Å². The number of nitrogens with one attached hydrogen (secondary N) is 1. The van der Waals surface area contributed by atoms with Crippen molar-refractivity contribution in [2.75, 3.05) is 20.2 Å². The van der Waals surface area contributed by atoms with Crippen molar-refractivity contribution in [1.29, 1.82) is 5.41 Å². The van der Waals surface area contributed by atoms with Crippen LogP contribution in [0, 0.1) is 5.41 Å². The number of methoxy groups -OCH3 is 1. The molecule has 0 saturated carbocycles. The number of amidine groups is 1. The molecule has 0 aromatic heterocycles. The summed E-state index contributed by atoms with van der Waals surface area (Å²) in [5, 5.41) is 7.31. The Hall–Kier alpha value is -0.610. The van der Waals surface area contributed by atoms with Gasteiger partial charge in [0.2, 0.25) is 0 Å². The van der Waals surface area contributed by atoms with Gasteiger partial charge >= 0.3 is 0 Å². The summed E-state index contributed by atoms with van der Waals surface area (Å²) >= 11 is 0. The maximum atomic E-state index is 7.31. The molecule has 0 aromatic rings. The lowest BCUT2D eigenvalue weighted by molar-refractivity contribution is 0.101. The molecule has 4 nitrogen and oxygen atoms in total. The third-order valence-electron chi connectivity index (χ3n) is 2.95.